The standard InChI is InChI=1S/C17H12ClNO2S2/c1-2-8-22-17-19-14(16(20)23-17)10-13-6-7-15(21-13)11-4-3-5-12(18)9-11/h2-7,9-10H,1,8H2/b14-10+. The lowest BCUT2D eigenvalue weighted by atomic mass is 10.2. The van der Waals surface area contributed by atoms with Crippen molar-refractivity contribution in [2.45, 2.75) is 0 Å². The summed E-state index contributed by atoms with van der Waals surface area (Å²) in [6.45, 7) is 3.66. The fourth-order valence-corrected chi connectivity index (χ4v) is 3.74. The van der Waals surface area contributed by atoms with Crippen LogP contribution in [0.5, 0.6) is 0 Å². The van der Waals surface area contributed by atoms with Crippen LogP contribution in [0.25, 0.3) is 17.4 Å². The molecule has 0 amide bonds. The van der Waals surface area contributed by atoms with Crippen LogP contribution < -0.4 is 0 Å². The third-order valence-electron chi connectivity index (χ3n) is 2.94. The molecule has 0 unspecified atom stereocenters. The molecule has 0 aliphatic carbocycles. The quantitative estimate of drug-likeness (QED) is 0.533. The lowest BCUT2D eigenvalue weighted by Gasteiger charge is -1.97. The fourth-order valence-electron chi connectivity index (χ4n) is 1.94. The van der Waals surface area contributed by atoms with E-state index in [0.29, 0.717) is 22.2 Å². The summed E-state index contributed by atoms with van der Waals surface area (Å²) in [4.78, 5) is 16.3. The molecule has 116 valence electrons. The number of rotatable bonds is 4. The van der Waals surface area contributed by atoms with Gasteiger partial charge in [-0.25, -0.2) is 4.99 Å². The zero-order valence-corrected chi connectivity index (χ0v) is 14.4. The van der Waals surface area contributed by atoms with Gasteiger partial charge in [0.1, 0.15) is 21.6 Å². The topological polar surface area (TPSA) is 42.6 Å². The van der Waals surface area contributed by atoms with Crippen LogP contribution in [0, 0.1) is 0 Å². The van der Waals surface area contributed by atoms with Crippen molar-refractivity contribution < 1.29 is 9.21 Å². The van der Waals surface area contributed by atoms with Crippen molar-refractivity contribution in [3.05, 3.63) is 65.5 Å². The van der Waals surface area contributed by atoms with Gasteiger partial charge in [0.05, 0.1) is 0 Å². The molecule has 0 fully saturated rings. The number of aliphatic imine (C=N–C) groups is 1. The van der Waals surface area contributed by atoms with Gasteiger partial charge in [0.2, 0.25) is 5.12 Å². The Morgan fingerprint density at radius 2 is 2.22 bits per heavy atom. The molecule has 1 aliphatic heterocycles. The first-order valence-corrected chi connectivity index (χ1v) is 8.96. The smallest absolute Gasteiger partial charge is 0.244 e. The molecule has 3 nitrogen and oxygen atoms in total. The molecule has 0 radical (unpaired) electrons. The highest BCUT2D eigenvalue weighted by Crippen LogP contribution is 2.32. The number of carbonyl (C=O) groups excluding carboxylic acids is 1. The molecular weight excluding hydrogens is 350 g/mol. The monoisotopic (exact) mass is 361 g/mol. The number of halogens is 1. The van der Waals surface area contributed by atoms with Gasteiger partial charge in [-0.3, -0.25) is 4.79 Å². The molecule has 0 saturated heterocycles. The van der Waals surface area contributed by atoms with Crippen LogP contribution in [0.3, 0.4) is 0 Å². The lowest BCUT2D eigenvalue weighted by molar-refractivity contribution is -0.107. The molecule has 1 aliphatic rings. The minimum absolute atomic E-state index is 0.0720. The molecule has 0 N–H and O–H groups in total. The summed E-state index contributed by atoms with van der Waals surface area (Å²) in [6, 6.07) is 11.1. The van der Waals surface area contributed by atoms with Gasteiger partial charge in [0, 0.05) is 22.4 Å². The molecule has 23 heavy (non-hydrogen) atoms. The molecule has 3 rings (SSSR count). The number of carbonyl (C=O) groups is 1. The Bertz CT molecular complexity index is 824. The predicted molar refractivity (Wildman–Crippen MR) is 99.8 cm³/mol. The summed E-state index contributed by atoms with van der Waals surface area (Å²) in [5.41, 5.74) is 1.29. The Hall–Kier alpha value is -1.69. The Morgan fingerprint density at radius 3 is 3.00 bits per heavy atom. The maximum atomic E-state index is 12.0. The van der Waals surface area contributed by atoms with Gasteiger partial charge < -0.3 is 4.42 Å². The van der Waals surface area contributed by atoms with Crippen molar-refractivity contribution in [2.75, 3.05) is 5.75 Å². The molecule has 1 aromatic carbocycles. The number of thioether (sulfide) groups is 2. The minimum atomic E-state index is -0.0720. The van der Waals surface area contributed by atoms with Crippen molar-refractivity contribution in [3.8, 4) is 11.3 Å². The molecule has 0 saturated carbocycles. The average Bonchev–Trinajstić information content (AvgIpc) is 3.13. The second-order valence-electron chi connectivity index (χ2n) is 4.61. The third kappa shape index (κ3) is 3.99. The molecule has 0 bridgehead atoms. The largest absolute Gasteiger partial charge is 0.457 e. The summed E-state index contributed by atoms with van der Waals surface area (Å²) >= 11 is 8.62. The van der Waals surface area contributed by atoms with E-state index in [2.05, 4.69) is 11.6 Å². The van der Waals surface area contributed by atoms with E-state index in [1.807, 2.05) is 36.4 Å². The predicted octanol–water partition coefficient (Wildman–Crippen LogP) is 5.49. The van der Waals surface area contributed by atoms with E-state index in [4.69, 9.17) is 16.0 Å². The van der Waals surface area contributed by atoms with E-state index in [-0.39, 0.29) is 5.12 Å². The first kappa shape index (κ1) is 16.2. The molecular formula is C17H12ClNO2S2. The molecule has 2 aromatic rings. The van der Waals surface area contributed by atoms with E-state index in [1.165, 1.54) is 11.8 Å². The number of benzene rings is 1. The Balaban J connectivity index is 1.82. The van der Waals surface area contributed by atoms with Crippen LogP contribution in [-0.2, 0) is 4.79 Å². The van der Waals surface area contributed by atoms with E-state index in [9.17, 15) is 4.79 Å². The average molecular weight is 362 g/mol. The van der Waals surface area contributed by atoms with Crippen LogP contribution in [-0.4, -0.2) is 15.2 Å². The summed E-state index contributed by atoms with van der Waals surface area (Å²) in [5, 5.41) is 0.576. The normalized spacial score (nSPS) is 16.0. The highest BCUT2D eigenvalue weighted by molar-refractivity contribution is 8.45. The molecule has 1 aromatic heterocycles. The molecule has 0 atom stereocenters. The summed E-state index contributed by atoms with van der Waals surface area (Å²) in [7, 11) is 0. The highest BCUT2D eigenvalue weighted by Gasteiger charge is 2.22. The van der Waals surface area contributed by atoms with Crippen LogP contribution in [0.1, 0.15) is 5.76 Å². The SMILES string of the molecule is C=CCSC1=N/C(=C/c2ccc(-c3cccc(Cl)c3)o2)C(=O)S1. The van der Waals surface area contributed by atoms with E-state index < -0.39 is 0 Å². The van der Waals surface area contributed by atoms with Crippen molar-refractivity contribution in [2.24, 2.45) is 4.99 Å². The number of nitrogens with zero attached hydrogens (tertiary/aromatic N) is 1. The first-order chi connectivity index (χ1) is 11.2. The van der Waals surface area contributed by atoms with Gasteiger partial charge in [0.15, 0.2) is 0 Å². The van der Waals surface area contributed by atoms with Crippen LogP contribution >= 0.6 is 35.1 Å². The van der Waals surface area contributed by atoms with Gasteiger partial charge in [0.25, 0.3) is 0 Å². The van der Waals surface area contributed by atoms with Gasteiger partial charge in [-0.1, -0.05) is 41.6 Å². The van der Waals surface area contributed by atoms with Crippen LogP contribution in [0.15, 0.2) is 64.2 Å². The molecule has 0 spiro atoms. The number of hydrogen-bond donors (Lipinski definition) is 0. The third-order valence-corrected chi connectivity index (χ3v) is 5.18. The Labute approximate surface area is 147 Å². The van der Waals surface area contributed by atoms with Gasteiger partial charge in [-0.15, -0.1) is 6.58 Å². The zero-order valence-electron chi connectivity index (χ0n) is 12.0. The van der Waals surface area contributed by atoms with Crippen molar-refractivity contribution in [1.29, 1.82) is 0 Å². The van der Waals surface area contributed by atoms with Crippen LogP contribution in [0.4, 0.5) is 0 Å². The van der Waals surface area contributed by atoms with Crippen LogP contribution in [0.2, 0.25) is 5.02 Å². The van der Waals surface area contributed by atoms with Crippen molar-refractivity contribution >= 4 is 50.7 Å². The van der Waals surface area contributed by atoms with Gasteiger partial charge >= 0.3 is 0 Å². The van der Waals surface area contributed by atoms with Gasteiger partial charge in [-0.2, -0.15) is 0 Å². The minimum Gasteiger partial charge on any atom is -0.457 e. The van der Waals surface area contributed by atoms with Crippen molar-refractivity contribution in [3.63, 3.8) is 0 Å². The summed E-state index contributed by atoms with van der Waals surface area (Å²) < 4.78 is 6.50. The Morgan fingerprint density at radius 1 is 1.35 bits per heavy atom. The lowest BCUT2D eigenvalue weighted by Crippen LogP contribution is -1.87. The second-order valence-corrected chi connectivity index (χ2v) is 7.27. The molecule has 6 heteroatoms. The zero-order chi connectivity index (χ0) is 16.2. The Kier molecular flexibility index (Phi) is 5.10. The second kappa shape index (κ2) is 7.25. The van der Waals surface area contributed by atoms with E-state index in [1.54, 1.807) is 12.2 Å². The maximum absolute atomic E-state index is 12.0. The summed E-state index contributed by atoms with van der Waals surface area (Å²) in [5.74, 6) is 2.01. The van der Waals surface area contributed by atoms with Crippen molar-refractivity contribution in [1.82, 2.24) is 0 Å². The van der Waals surface area contributed by atoms with E-state index >= 15 is 0 Å². The first-order valence-electron chi connectivity index (χ1n) is 6.78. The summed E-state index contributed by atoms with van der Waals surface area (Å²) in [6.07, 6.45) is 3.44. The highest BCUT2D eigenvalue weighted by atomic mass is 35.5. The van der Waals surface area contributed by atoms with Gasteiger partial charge in [-0.05, 0) is 36.0 Å². The maximum Gasteiger partial charge on any atom is 0.244 e. The number of hydrogen-bond acceptors (Lipinski definition) is 5. The number of furan rings is 1. The fraction of sp³-hybridized carbons (Fsp3) is 0.0588. The molecule has 2 heterocycles. The van der Waals surface area contributed by atoms with E-state index in [0.717, 1.165) is 27.5 Å².